The minimum Gasteiger partial charge on any atom is -0.497 e. The highest BCUT2D eigenvalue weighted by atomic mass is 35.5. The maximum absolute atomic E-state index is 12.2. The topological polar surface area (TPSA) is 97.0 Å². The molecule has 0 saturated heterocycles. The first-order chi connectivity index (χ1) is 12.5. The molecule has 0 aliphatic rings. The van der Waals surface area contributed by atoms with Crippen LogP contribution in [-0.2, 0) is 16.4 Å². The summed E-state index contributed by atoms with van der Waals surface area (Å²) in [4.78, 5) is 4.51. The fraction of sp³-hybridized carbons (Fsp3) is 0.176. The van der Waals surface area contributed by atoms with Crippen LogP contribution in [0.25, 0.3) is 11.4 Å². The molecule has 2 N–H and O–H groups in total. The van der Waals surface area contributed by atoms with E-state index in [0.29, 0.717) is 23.1 Å². The summed E-state index contributed by atoms with van der Waals surface area (Å²) in [6.45, 7) is 0.187. The monoisotopic (exact) mass is 392 g/mol. The van der Waals surface area contributed by atoms with Crippen LogP contribution in [0.3, 0.4) is 0 Å². The molecule has 1 heterocycles. The van der Waals surface area contributed by atoms with Gasteiger partial charge in [-0.2, -0.15) is 5.10 Å². The van der Waals surface area contributed by atoms with Crippen LogP contribution in [-0.4, -0.2) is 37.3 Å². The van der Waals surface area contributed by atoms with Gasteiger partial charge in [-0.1, -0.05) is 17.7 Å². The van der Waals surface area contributed by atoms with Crippen molar-refractivity contribution in [3.63, 3.8) is 0 Å². The van der Waals surface area contributed by atoms with E-state index in [1.807, 2.05) is 24.3 Å². The second kappa shape index (κ2) is 7.86. The van der Waals surface area contributed by atoms with E-state index in [1.54, 1.807) is 19.2 Å². The summed E-state index contributed by atoms with van der Waals surface area (Å²) in [5.74, 6) is 1.88. The predicted molar refractivity (Wildman–Crippen MR) is 98.7 cm³/mol. The number of nitrogens with one attached hydrogen (secondary N) is 2. The molecule has 9 heteroatoms. The molecule has 3 rings (SSSR count). The molecule has 0 amide bonds. The van der Waals surface area contributed by atoms with Gasteiger partial charge in [-0.15, -0.1) is 0 Å². The Kier molecular flexibility index (Phi) is 5.55. The summed E-state index contributed by atoms with van der Waals surface area (Å²) in [5.41, 5.74) is 0.841. The van der Waals surface area contributed by atoms with Gasteiger partial charge in [0.2, 0.25) is 10.0 Å². The largest absolute Gasteiger partial charge is 0.497 e. The summed E-state index contributed by atoms with van der Waals surface area (Å²) in [5, 5.41) is 7.34. The third-order valence-electron chi connectivity index (χ3n) is 3.64. The lowest BCUT2D eigenvalue weighted by Gasteiger charge is -2.06. The molecule has 26 heavy (non-hydrogen) atoms. The van der Waals surface area contributed by atoms with Gasteiger partial charge in [0, 0.05) is 23.6 Å². The van der Waals surface area contributed by atoms with Gasteiger partial charge in [0.25, 0.3) is 0 Å². The van der Waals surface area contributed by atoms with Crippen molar-refractivity contribution in [1.29, 1.82) is 0 Å². The summed E-state index contributed by atoms with van der Waals surface area (Å²) in [6.07, 6.45) is 0.378. The van der Waals surface area contributed by atoms with Gasteiger partial charge in [0.1, 0.15) is 11.6 Å². The first-order valence-electron chi connectivity index (χ1n) is 7.79. The lowest BCUT2D eigenvalue weighted by Crippen LogP contribution is -2.26. The molecule has 0 fully saturated rings. The lowest BCUT2D eigenvalue weighted by molar-refractivity contribution is 0.415. The molecule has 3 aromatic rings. The highest BCUT2D eigenvalue weighted by Crippen LogP contribution is 2.19. The Morgan fingerprint density at radius 1 is 1.19 bits per heavy atom. The Balaban J connectivity index is 1.61. The van der Waals surface area contributed by atoms with Gasteiger partial charge in [-0.25, -0.2) is 18.1 Å². The standard InChI is InChI=1S/C17H17ClN4O3S/c1-25-14-7-5-12(6-8-14)17-20-16(21-22-17)9-10-19-26(23,24)15-4-2-3-13(18)11-15/h2-8,11,19H,9-10H2,1H3,(H,20,21,22). The zero-order valence-corrected chi connectivity index (χ0v) is 15.5. The number of ether oxygens (including phenoxy) is 1. The Hall–Kier alpha value is -2.42. The van der Waals surface area contributed by atoms with Crippen molar-refractivity contribution in [1.82, 2.24) is 19.9 Å². The van der Waals surface area contributed by atoms with Gasteiger partial charge in [-0.05, 0) is 42.5 Å². The second-order valence-corrected chi connectivity index (χ2v) is 7.64. The Morgan fingerprint density at radius 3 is 2.65 bits per heavy atom. The molecular formula is C17H17ClN4O3S. The quantitative estimate of drug-likeness (QED) is 0.644. The van der Waals surface area contributed by atoms with Gasteiger partial charge in [-0.3, -0.25) is 5.10 Å². The van der Waals surface area contributed by atoms with Gasteiger partial charge >= 0.3 is 0 Å². The smallest absolute Gasteiger partial charge is 0.240 e. The second-order valence-electron chi connectivity index (χ2n) is 5.44. The van der Waals surface area contributed by atoms with Gasteiger partial charge in [0.15, 0.2) is 5.82 Å². The van der Waals surface area contributed by atoms with Crippen LogP contribution in [0.4, 0.5) is 0 Å². The predicted octanol–water partition coefficient (Wildman–Crippen LogP) is 2.65. The zero-order valence-electron chi connectivity index (χ0n) is 13.9. The van der Waals surface area contributed by atoms with Crippen LogP contribution in [0.15, 0.2) is 53.4 Å². The summed E-state index contributed by atoms with van der Waals surface area (Å²) < 4.78 is 32.1. The number of methoxy groups -OCH3 is 1. The maximum Gasteiger partial charge on any atom is 0.240 e. The molecule has 136 valence electrons. The van der Waals surface area contributed by atoms with Crippen LogP contribution >= 0.6 is 11.6 Å². The van der Waals surface area contributed by atoms with E-state index in [4.69, 9.17) is 16.3 Å². The number of benzene rings is 2. The number of H-pyrrole nitrogens is 1. The van der Waals surface area contributed by atoms with E-state index in [1.165, 1.54) is 12.1 Å². The number of sulfonamides is 1. The van der Waals surface area contributed by atoms with E-state index in [2.05, 4.69) is 19.9 Å². The molecule has 1 aromatic heterocycles. The van der Waals surface area contributed by atoms with Crippen LogP contribution < -0.4 is 9.46 Å². The van der Waals surface area contributed by atoms with Gasteiger partial charge < -0.3 is 4.74 Å². The van der Waals surface area contributed by atoms with Crippen molar-refractivity contribution in [2.75, 3.05) is 13.7 Å². The minimum atomic E-state index is -3.62. The normalized spacial score (nSPS) is 11.5. The lowest BCUT2D eigenvalue weighted by atomic mass is 10.2. The SMILES string of the molecule is COc1ccc(-c2n[nH]c(CCNS(=O)(=O)c3cccc(Cl)c3)n2)cc1. The van der Waals surface area contributed by atoms with Crippen molar-refractivity contribution in [2.24, 2.45) is 0 Å². The van der Waals surface area contributed by atoms with Crippen LogP contribution in [0, 0.1) is 0 Å². The van der Waals surface area contributed by atoms with E-state index in [0.717, 1.165) is 11.3 Å². The molecule has 0 unspecified atom stereocenters. The number of hydrogen-bond acceptors (Lipinski definition) is 5. The van der Waals surface area contributed by atoms with E-state index >= 15 is 0 Å². The third-order valence-corrected chi connectivity index (χ3v) is 5.33. The van der Waals surface area contributed by atoms with Crippen LogP contribution in [0.2, 0.25) is 5.02 Å². The fourth-order valence-corrected chi connectivity index (χ4v) is 3.63. The van der Waals surface area contributed by atoms with Crippen LogP contribution in [0.5, 0.6) is 5.75 Å². The highest BCUT2D eigenvalue weighted by Gasteiger charge is 2.14. The molecule has 2 aromatic carbocycles. The van der Waals surface area contributed by atoms with Crippen molar-refractivity contribution in [2.45, 2.75) is 11.3 Å². The zero-order chi connectivity index (χ0) is 18.6. The molecular weight excluding hydrogens is 376 g/mol. The van der Waals surface area contributed by atoms with E-state index < -0.39 is 10.0 Å². The van der Waals surface area contributed by atoms with Crippen molar-refractivity contribution in [3.05, 3.63) is 59.4 Å². The number of nitrogens with zero attached hydrogens (tertiary/aromatic N) is 2. The Morgan fingerprint density at radius 2 is 1.96 bits per heavy atom. The molecule has 0 bridgehead atoms. The highest BCUT2D eigenvalue weighted by molar-refractivity contribution is 7.89. The molecule has 0 aliphatic carbocycles. The number of rotatable bonds is 7. The van der Waals surface area contributed by atoms with Gasteiger partial charge in [0.05, 0.1) is 12.0 Å². The first-order valence-corrected chi connectivity index (χ1v) is 9.65. The maximum atomic E-state index is 12.2. The molecule has 0 aliphatic heterocycles. The van der Waals surface area contributed by atoms with Crippen molar-refractivity contribution < 1.29 is 13.2 Å². The average molecular weight is 393 g/mol. The Bertz CT molecular complexity index is 987. The molecule has 0 spiro atoms. The fourth-order valence-electron chi connectivity index (χ4n) is 2.30. The minimum absolute atomic E-state index is 0.126. The van der Waals surface area contributed by atoms with E-state index in [9.17, 15) is 8.42 Å². The number of halogens is 1. The summed E-state index contributed by atoms with van der Waals surface area (Å²) in [7, 11) is -2.01. The molecule has 7 nitrogen and oxygen atoms in total. The molecule has 0 saturated carbocycles. The van der Waals surface area contributed by atoms with E-state index in [-0.39, 0.29) is 11.4 Å². The molecule has 0 atom stereocenters. The molecule has 0 radical (unpaired) electrons. The number of aromatic amines is 1. The van der Waals surface area contributed by atoms with Crippen molar-refractivity contribution in [3.8, 4) is 17.1 Å². The summed E-state index contributed by atoms with van der Waals surface area (Å²) >= 11 is 5.84. The number of aromatic nitrogens is 3. The summed E-state index contributed by atoms with van der Waals surface area (Å²) in [6, 6.07) is 13.5. The third kappa shape index (κ3) is 4.40. The Labute approximate surface area is 156 Å². The van der Waals surface area contributed by atoms with Crippen molar-refractivity contribution >= 4 is 21.6 Å². The number of hydrogen-bond donors (Lipinski definition) is 2. The average Bonchev–Trinajstić information content (AvgIpc) is 3.10. The first kappa shape index (κ1) is 18.4. The van der Waals surface area contributed by atoms with Crippen LogP contribution in [0.1, 0.15) is 5.82 Å².